The topological polar surface area (TPSA) is 93.8 Å². The molecule has 1 amide bonds. The molecule has 0 bridgehead atoms. The Morgan fingerprint density at radius 3 is 2.75 bits per heavy atom. The van der Waals surface area contributed by atoms with Crippen molar-refractivity contribution in [2.24, 2.45) is 0 Å². The monoisotopic (exact) mass is 436 g/mol. The predicted octanol–water partition coefficient (Wildman–Crippen LogP) is 2.69. The lowest BCUT2D eigenvalue weighted by molar-refractivity contribution is -0.121. The molecule has 1 unspecified atom stereocenters. The van der Waals surface area contributed by atoms with E-state index in [4.69, 9.17) is 9.97 Å². The molecule has 4 heterocycles. The Morgan fingerprint density at radius 1 is 1.16 bits per heavy atom. The predicted molar refractivity (Wildman–Crippen MR) is 123 cm³/mol. The molecule has 9 nitrogen and oxygen atoms in total. The van der Waals surface area contributed by atoms with Crippen molar-refractivity contribution in [3.8, 4) is 5.95 Å². The molecule has 0 saturated carbocycles. The van der Waals surface area contributed by atoms with Gasteiger partial charge in [-0.2, -0.15) is 4.98 Å². The fourth-order valence-corrected chi connectivity index (χ4v) is 4.40. The number of nitrogens with one attached hydrogen (secondary N) is 1. The molecule has 4 rings (SSSR count). The zero-order valence-electron chi connectivity index (χ0n) is 18.9. The maximum atomic E-state index is 12.7. The number of carbonyl (C=O) groups excluding carboxylic acids is 1. The highest BCUT2D eigenvalue weighted by Crippen LogP contribution is 2.30. The van der Waals surface area contributed by atoms with Crippen LogP contribution in [0.15, 0.2) is 37.4 Å². The third-order valence-electron chi connectivity index (χ3n) is 6.06. The van der Waals surface area contributed by atoms with Crippen molar-refractivity contribution in [2.45, 2.75) is 65.0 Å². The van der Waals surface area contributed by atoms with Gasteiger partial charge in [0.15, 0.2) is 0 Å². The fourth-order valence-electron chi connectivity index (χ4n) is 4.40. The number of aromatic nitrogens is 6. The van der Waals surface area contributed by atoms with Gasteiger partial charge < -0.3 is 14.8 Å². The van der Waals surface area contributed by atoms with Crippen molar-refractivity contribution in [1.29, 1.82) is 0 Å². The maximum Gasteiger partial charge on any atom is 0.237 e. The van der Waals surface area contributed by atoms with Crippen LogP contribution in [0, 0.1) is 6.92 Å². The smallest absolute Gasteiger partial charge is 0.237 e. The summed E-state index contributed by atoms with van der Waals surface area (Å²) >= 11 is 0. The average molecular weight is 437 g/mol. The second-order valence-electron chi connectivity index (χ2n) is 8.29. The van der Waals surface area contributed by atoms with Crippen molar-refractivity contribution in [3.63, 3.8) is 0 Å². The Labute approximate surface area is 188 Å². The molecule has 0 aromatic carbocycles. The summed E-state index contributed by atoms with van der Waals surface area (Å²) in [6.07, 6.45) is 16.3. The maximum absolute atomic E-state index is 12.7. The number of piperidine rings is 1. The molecular formula is C23H32N8O. The Balaban J connectivity index is 1.45. The molecule has 3 aromatic heterocycles. The number of aryl methyl sites for hydroxylation is 2. The molecule has 9 heteroatoms. The molecule has 170 valence electrons. The van der Waals surface area contributed by atoms with Crippen molar-refractivity contribution >= 4 is 11.7 Å². The Bertz CT molecular complexity index is 999. The van der Waals surface area contributed by atoms with Crippen LogP contribution >= 0.6 is 0 Å². The van der Waals surface area contributed by atoms with E-state index in [1.165, 1.54) is 0 Å². The number of carbonyl (C=O) groups is 1. The van der Waals surface area contributed by atoms with E-state index in [9.17, 15) is 4.79 Å². The summed E-state index contributed by atoms with van der Waals surface area (Å²) in [6.45, 7) is 6.61. The first-order valence-corrected chi connectivity index (χ1v) is 11.5. The van der Waals surface area contributed by atoms with Crippen LogP contribution in [-0.4, -0.2) is 54.1 Å². The van der Waals surface area contributed by atoms with E-state index in [0.29, 0.717) is 18.9 Å². The highest BCUT2D eigenvalue weighted by molar-refractivity contribution is 5.77. The van der Waals surface area contributed by atoms with Gasteiger partial charge in [-0.15, -0.1) is 0 Å². The number of amides is 1. The van der Waals surface area contributed by atoms with Gasteiger partial charge in [0.05, 0.1) is 6.33 Å². The van der Waals surface area contributed by atoms with Gasteiger partial charge in [-0.1, -0.05) is 6.92 Å². The van der Waals surface area contributed by atoms with E-state index in [0.717, 1.165) is 62.3 Å². The summed E-state index contributed by atoms with van der Waals surface area (Å²) in [5, 5.41) is 3.09. The van der Waals surface area contributed by atoms with Gasteiger partial charge in [-0.3, -0.25) is 9.36 Å². The second kappa shape index (κ2) is 10.4. The molecule has 1 saturated heterocycles. The van der Waals surface area contributed by atoms with Crippen LogP contribution in [0.4, 0.5) is 5.82 Å². The lowest BCUT2D eigenvalue weighted by Gasteiger charge is -2.37. The quantitative estimate of drug-likeness (QED) is 0.519. The molecule has 0 radical (unpaired) electrons. The van der Waals surface area contributed by atoms with Gasteiger partial charge in [0.25, 0.3) is 0 Å². The van der Waals surface area contributed by atoms with E-state index in [-0.39, 0.29) is 11.9 Å². The summed E-state index contributed by atoms with van der Waals surface area (Å²) < 4.78 is 3.86. The number of imidazole rings is 2. The van der Waals surface area contributed by atoms with Crippen LogP contribution in [0.5, 0.6) is 0 Å². The molecule has 1 aliphatic rings. The van der Waals surface area contributed by atoms with Gasteiger partial charge in [0, 0.05) is 68.1 Å². The minimum atomic E-state index is 0.103. The van der Waals surface area contributed by atoms with Crippen LogP contribution in [-0.2, 0) is 17.8 Å². The Kier molecular flexibility index (Phi) is 7.14. The summed E-state index contributed by atoms with van der Waals surface area (Å²) in [7, 11) is 0. The molecule has 1 N–H and O–H groups in total. The van der Waals surface area contributed by atoms with Crippen molar-refractivity contribution in [2.75, 3.05) is 18.0 Å². The summed E-state index contributed by atoms with van der Waals surface area (Å²) in [4.78, 5) is 32.9. The van der Waals surface area contributed by atoms with Gasteiger partial charge in [-0.05, 0) is 39.0 Å². The Hall–Kier alpha value is -3.23. The number of nitrogens with zero attached hydrogens (tertiary/aromatic N) is 7. The first kappa shape index (κ1) is 22.0. The normalized spacial score (nSPS) is 16.3. The largest absolute Gasteiger partial charge is 0.356 e. The SMILES string of the molecule is CCc1c(C)nc(-n2ccnc2)nc1N1CCCCC1CC(=O)NCCCn1ccnc1. The third-order valence-corrected chi connectivity index (χ3v) is 6.06. The number of hydrogen-bond donors (Lipinski definition) is 1. The molecule has 32 heavy (non-hydrogen) atoms. The van der Waals surface area contributed by atoms with Crippen LogP contribution in [0.2, 0.25) is 0 Å². The second-order valence-corrected chi connectivity index (χ2v) is 8.29. The van der Waals surface area contributed by atoms with Crippen LogP contribution < -0.4 is 10.2 Å². The highest BCUT2D eigenvalue weighted by Gasteiger charge is 2.28. The van der Waals surface area contributed by atoms with Crippen molar-refractivity contribution in [3.05, 3.63) is 48.7 Å². The van der Waals surface area contributed by atoms with E-state index >= 15 is 0 Å². The third kappa shape index (κ3) is 5.15. The number of hydrogen-bond acceptors (Lipinski definition) is 6. The highest BCUT2D eigenvalue weighted by atomic mass is 16.1. The lowest BCUT2D eigenvalue weighted by Crippen LogP contribution is -2.44. The van der Waals surface area contributed by atoms with E-state index in [1.54, 1.807) is 25.0 Å². The molecular weight excluding hydrogens is 404 g/mol. The van der Waals surface area contributed by atoms with E-state index in [1.807, 2.05) is 28.5 Å². The first-order chi connectivity index (χ1) is 15.7. The number of rotatable bonds is 9. The first-order valence-electron chi connectivity index (χ1n) is 11.5. The summed E-state index contributed by atoms with van der Waals surface area (Å²) in [5.41, 5.74) is 2.14. The van der Waals surface area contributed by atoms with Crippen molar-refractivity contribution < 1.29 is 4.79 Å². The van der Waals surface area contributed by atoms with Crippen molar-refractivity contribution in [1.82, 2.24) is 34.4 Å². The van der Waals surface area contributed by atoms with Gasteiger partial charge >= 0.3 is 0 Å². The van der Waals surface area contributed by atoms with Crippen LogP contribution in [0.3, 0.4) is 0 Å². The van der Waals surface area contributed by atoms with E-state index < -0.39 is 0 Å². The molecule has 1 fully saturated rings. The summed E-state index contributed by atoms with van der Waals surface area (Å²) in [6, 6.07) is 0.146. The van der Waals surface area contributed by atoms with Gasteiger partial charge in [0.2, 0.25) is 11.9 Å². The zero-order valence-corrected chi connectivity index (χ0v) is 18.9. The van der Waals surface area contributed by atoms with Gasteiger partial charge in [0.1, 0.15) is 12.1 Å². The minimum absolute atomic E-state index is 0.103. The lowest BCUT2D eigenvalue weighted by atomic mass is 9.97. The minimum Gasteiger partial charge on any atom is -0.356 e. The zero-order chi connectivity index (χ0) is 22.3. The average Bonchev–Trinajstić information content (AvgIpc) is 3.51. The molecule has 1 atom stereocenters. The fraction of sp³-hybridized carbons (Fsp3) is 0.522. The number of anilines is 1. The van der Waals surface area contributed by atoms with Crippen LogP contribution in [0.25, 0.3) is 5.95 Å². The van der Waals surface area contributed by atoms with Gasteiger partial charge in [-0.25, -0.2) is 15.0 Å². The Morgan fingerprint density at radius 2 is 2.00 bits per heavy atom. The molecule has 0 aliphatic carbocycles. The summed E-state index contributed by atoms with van der Waals surface area (Å²) in [5.74, 6) is 1.69. The van der Waals surface area contributed by atoms with Crippen LogP contribution in [0.1, 0.15) is 50.3 Å². The molecule has 1 aliphatic heterocycles. The van der Waals surface area contributed by atoms with E-state index in [2.05, 4.69) is 27.1 Å². The molecule has 0 spiro atoms. The molecule has 3 aromatic rings. The standard InChI is InChI=1S/C23H32N8O/c1-3-20-18(2)27-23(30-14-10-25-17-30)28-22(20)31-12-5-4-7-19(31)15-21(32)26-8-6-11-29-13-9-24-16-29/h9-10,13-14,16-17,19H,3-8,11-12,15H2,1-2H3,(H,26,32).